The largest absolute Gasteiger partial charge is 0.465 e. The summed E-state index contributed by atoms with van der Waals surface area (Å²) in [4.78, 5) is 0. The smallest absolute Gasteiger partial charge is 0.197 e. The van der Waals surface area contributed by atoms with E-state index in [0.29, 0.717) is 13.2 Å². The van der Waals surface area contributed by atoms with Gasteiger partial charge in [0, 0.05) is 5.41 Å². The Bertz CT molecular complexity index is 697. The van der Waals surface area contributed by atoms with Gasteiger partial charge in [-0.1, -0.05) is 50.3 Å². The summed E-state index contributed by atoms with van der Waals surface area (Å²) in [6.45, 7) is 16.3. The fraction of sp³-hybridized carbons (Fsp3) is 0.360. The van der Waals surface area contributed by atoms with Gasteiger partial charge in [0.05, 0.1) is 13.2 Å². The molecule has 4 nitrogen and oxygen atoms in total. The van der Waals surface area contributed by atoms with Gasteiger partial charge in [0.2, 0.25) is 0 Å². The third kappa shape index (κ3) is 6.77. The van der Waals surface area contributed by atoms with Crippen LogP contribution in [0.25, 0.3) is 0 Å². The summed E-state index contributed by atoms with van der Waals surface area (Å²) >= 11 is 0. The first-order valence-corrected chi connectivity index (χ1v) is 9.86. The second-order valence-electron chi connectivity index (χ2n) is 7.29. The monoisotopic (exact) mass is 396 g/mol. The normalized spacial score (nSPS) is 13.4. The summed E-state index contributed by atoms with van der Waals surface area (Å²) in [6.07, 6.45) is 2.77. The molecule has 0 aromatic heterocycles. The van der Waals surface area contributed by atoms with Gasteiger partial charge in [-0.3, -0.25) is 0 Å². The molecular formula is C25H32O4. The minimum absolute atomic E-state index is 0.160. The van der Waals surface area contributed by atoms with Crippen molar-refractivity contribution in [3.05, 3.63) is 85.0 Å². The van der Waals surface area contributed by atoms with E-state index in [2.05, 4.69) is 51.3 Å². The van der Waals surface area contributed by atoms with E-state index in [1.54, 1.807) is 12.2 Å². The fourth-order valence-electron chi connectivity index (χ4n) is 2.93. The molecule has 2 rings (SSSR count). The predicted molar refractivity (Wildman–Crippen MR) is 117 cm³/mol. The van der Waals surface area contributed by atoms with Crippen molar-refractivity contribution in [1.82, 2.24) is 0 Å². The summed E-state index contributed by atoms with van der Waals surface area (Å²) in [5.74, 6) is 1.55. The van der Waals surface area contributed by atoms with Crippen LogP contribution in [0.5, 0.6) is 11.5 Å². The lowest BCUT2D eigenvalue weighted by atomic mass is 9.78. The molecule has 2 atom stereocenters. The second kappa shape index (κ2) is 10.8. The van der Waals surface area contributed by atoms with Crippen molar-refractivity contribution in [2.24, 2.45) is 0 Å². The van der Waals surface area contributed by atoms with Crippen LogP contribution in [0.3, 0.4) is 0 Å². The first kappa shape index (κ1) is 22.7. The van der Waals surface area contributed by atoms with Gasteiger partial charge in [-0.2, -0.15) is 0 Å². The molecule has 0 aliphatic carbocycles. The van der Waals surface area contributed by atoms with E-state index in [4.69, 9.17) is 18.9 Å². The number of rotatable bonds is 12. The number of benzene rings is 2. The maximum atomic E-state index is 5.77. The van der Waals surface area contributed by atoms with Gasteiger partial charge < -0.3 is 18.9 Å². The first-order valence-electron chi connectivity index (χ1n) is 9.86. The Kier molecular flexibility index (Phi) is 8.50. The molecule has 0 aliphatic rings. The van der Waals surface area contributed by atoms with Crippen molar-refractivity contribution in [3.63, 3.8) is 0 Å². The Labute approximate surface area is 174 Å². The highest BCUT2D eigenvalue weighted by Gasteiger charge is 2.23. The summed E-state index contributed by atoms with van der Waals surface area (Å²) in [5.41, 5.74) is 2.23. The van der Waals surface area contributed by atoms with E-state index in [1.807, 2.05) is 38.1 Å². The Hall–Kier alpha value is -2.56. The SMILES string of the molecule is C=CCOC(C)Oc1ccc(C(C)(C)c2ccc(OC(C)OCC=C)cc2)cc1. The van der Waals surface area contributed by atoms with Crippen molar-refractivity contribution in [1.29, 1.82) is 0 Å². The lowest BCUT2D eigenvalue weighted by Gasteiger charge is -2.27. The van der Waals surface area contributed by atoms with Crippen LogP contribution >= 0.6 is 0 Å². The van der Waals surface area contributed by atoms with E-state index in [-0.39, 0.29) is 18.0 Å². The molecule has 0 aliphatic heterocycles. The molecule has 0 saturated heterocycles. The van der Waals surface area contributed by atoms with Crippen molar-refractivity contribution in [2.75, 3.05) is 13.2 Å². The average molecular weight is 397 g/mol. The lowest BCUT2D eigenvalue weighted by Crippen LogP contribution is -2.20. The molecule has 4 heteroatoms. The summed E-state index contributed by atoms with van der Waals surface area (Å²) < 4.78 is 22.4. The molecule has 0 amide bonds. The zero-order chi connectivity index (χ0) is 21.3. The minimum Gasteiger partial charge on any atom is -0.465 e. The van der Waals surface area contributed by atoms with Gasteiger partial charge in [0.1, 0.15) is 11.5 Å². The van der Waals surface area contributed by atoms with Crippen LogP contribution in [0.2, 0.25) is 0 Å². The predicted octanol–water partition coefficient (Wildman–Crippen LogP) is 5.87. The molecule has 156 valence electrons. The standard InChI is InChI=1S/C25H32O4/c1-7-17-26-19(3)28-23-13-9-21(10-14-23)25(5,6)22-11-15-24(16-12-22)29-20(4)27-18-8-2/h7-16,19-20H,1-2,17-18H2,3-6H3. The van der Waals surface area contributed by atoms with Crippen molar-refractivity contribution < 1.29 is 18.9 Å². The second-order valence-corrected chi connectivity index (χ2v) is 7.29. The number of hydrogen-bond acceptors (Lipinski definition) is 4. The molecule has 0 N–H and O–H groups in total. The Morgan fingerprint density at radius 2 is 1.07 bits per heavy atom. The third-order valence-corrected chi connectivity index (χ3v) is 4.65. The lowest BCUT2D eigenvalue weighted by molar-refractivity contribution is -0.0551. The van der Waals surface area contributed by atoms with Crippen molar-refractivity contribution in [2.45, 2.75) is 45.7 Å². The zero-order valence-corrected chi connectivity index (χ0v) is 17.9. The zero-order valence-electron chi connectivity index (χ0n) is 17.9. The number of hydrogen-bond donors (Lipinski definition) is 0. The van der Waals surface area contributed by atoms with Crippen LogP contribution < -0.4 is 9.47 Å². The van der Waals surface area contributed by atoms with Crippen LogP contribution in [0.1, 0.15) is 38.8 Å². The first-order chi connectivity index (χ1) is 13.9. The van der Waals surface area contributed by atoms with Gasteiger partial charge >= 0.3 is 0 Å². The Morgan fingerprint density at radius 1 is 0.724 bits per heavy atom. The third-order valence-electron chi connectivity index (χ3n) is 4.65. The summed E-state index contributed by atoms with van der Waals surface area (Å²) in [7, 11) is 0. The van der Waals surface area contributed by atoms with E-state index in [1.165, 1.54) is 11.1 Å². The molecule has 2 aromatic rings. The van der Waals surface area contributed by atoms with Gasteiger partial charge in [-0.15, -0.1) is 13.2 Å². The number of ether oxygens (including phenoxy) is 4. The molecule has 0 saturated carbocycles. The maximum absolute atomic E-state index is 5.77. The molecule has 2 aromatic carbocycles. The van der Waals surface area contributed by atoms with Crippen LogP contribution in [0, 0.1) is 0 Å². The Balaban J connectivity index is 2.03. The van der Waals surface area contributed by atoms with Crippen LogP contribution in [0.15, 0.2) is 73.8 Å². The van der Waals surface area contributed by atoms with Crippen LogP contribution in [-0.2, 0) is 14.9 Å². The molecule has 0 heterocycles. The van der Waals surface area contributed by atoms with Crippen LogP contribution in [-0.4, -0.2) is 25.8 Å². The molecule has 0 fully saturated rings. The van der Waals surface area contributed by atoms with E-state index >= 15 is 0 Å². The molecule has 29 heavy (non-hydrogen) atoms. The molecule has 2 unspecified atom stereocenters. The maximum Gasteiger partial charge on any atom is 0.197 e. The van der Waals surface area contributed by atoms with Gasteiger partial charge in [0.25, 0.3) is 0 Å². The molecule has 0 spiro atoms. The van der Waals surface area contributed by atoms with E-state index in [9.17, 15) is 0 Å². The van der Waals surface area contributed by atoms with Gasteiger partial charge in [0.15, 0.2) is 12.6 Å². The molecule has 0 radical (unpaired) electrons. The summed E-state index contributed by atoms with van der Waals surface area (Å²) in [6, 6.07) is 16.2. The highest BCUT2D eigenvalue weighted by Crippen LogP contribution is 2.33. The highest BCUT2D eigenvalue weighted by atomic mass is 16.7. The van der Waals surface area contributed by atoms with Gasteiger partial charge in [-0.25, -0.2) is 0 Å². The highest BCUT2D eigenvalue weighted by molar-refractivity contribution is 5.41. The van der Waals surface area contributed by atoms with Crippen molar-refractivity contribution in [3.8, 4) is 11.5 Å². The minimum atomic E-state index is -0.322. The molecular weight excluding hydrogens is 364 g/mol. The topological polar surface area (TPSA) is 36.9 Å². The van der Waals surface area contributed by atoms with E-state index in [0.717, 1.165) is 11.5 Å². The Morgan fingerprint density at radius 3 is 1.38 bits per heavy atom. The summed E-state index contributed by atoms with van der Waals surface area (Å²) in [5, 5.41) is 0. The van der Waals surface area contributed by atoms with E-state index < -0.39 is 0 Å². The fourth-order valence-corrected chi connectivity index (χ4v) is 2.93. The van der Waals surface area contributed by atoms with Crippen LogP contribution in [0.4, 0.5) is 0 Å². The van der Waals surface area contributed by atoms with Crippen molar-refractivity contribution >= 4 is 0 Å². The average Bonchev–Trinajstić information content (AvgIpc) is 2.71. The quantitative estimate of drug-likeness (QED) is 0.332. The van der Waals surface area contributed by atoms with Gasteiger partial charge in [-0.05, 0) is 49.2 Å². The molecule has 0 bridgehead atoms.